The Labute approximate surface area is 126 Å². The first-order chi connectivity index (χ1) is 9.73. The van der Waals surface area contributed by atoms with Crippen molar-refractivity contribution in [3.05, 3.63) is 18.0 Å². The van der Waals surface area contributed by atoms with Crippen LogP contribution in [-0.4, -0.2) is 37.7 Å². The summed E-state index contributed by atoms with van der Waals surface area (Å²) >= 11 is 0. The molecule has 2 rings (SSSR count). The van der Waals surface area contributed by atoms with Crippen molar-refractivity contribution in [2.45, 2.75) is 63.2 Å². The van der Waals surface area contributed by atoms with Crippen molar-refractivity contribution in [1.29, 1.82) is 0 Å². The van der Waals surface area contributed by atoms with Crippen molar-refractivity contribution in [1.82, 2.24) is 15.0 Å². The average molecular weight is 315 g/mol. The third kappa shape index (κ3) is 3.85. The van der Waals surface area contributed by atoms with E-state index in [9.17, 15) is 8.42 Å². The van der Waals surface area contributed by atoms with E-state index in [4.69, 9.17) is 4.74 Å². The Balaban J connectivity index is 2.09. The van der Waals surface area contributed by atoms with Crippen LogP contribution >= 0.6 is 0 Å². The molecule has 1 aliphatic rings. The Morgan fingerprint density at radius 3 is 2.81 bits per heavy atom. The summed E-state index contributed by atoms with van der Waals surface area (Å²) < 4.78 is 33.2. The maximum atomic E-state index is 12.5. The molecule has 2 unspecified atom stereocenters. The Morgan fingerprint density at radius 1 is 1.52 bits per heavy atom. The van der Waals surface area contributed by atoms with Crippen molar-refractivity contribution in [3.63, 3.8) is 0 Å². The zero-order chi connectivity index (χ0) is 15.7. The lowest BCUT2D eigenvalue weighted by atomic mass is 9.97. The topological polar surface area (TPSA) is 83.2 Å². The fourth-order valence-corrected chi connectivity index (χ4v) is 3.84. The van der Waals surface area contributed by atoms with Crippen molar-refractivity contribution >= 4 is 10.0 Å². The molecule has 0 amide bonds. The van der Waals surface area contributed by atoms with Gasteiger partial charge in [-0.25, -0.2) is 13.1 Å². The van der Waals surface area contributed by atoms with Gasteiger partial charge in [-0.3, -0.25) is 0 Å². The zero-order valence-electron chi connectivity index (χ0n) is 13.1. The summed E-state index contributed by atoms with van der Waals surface area (Å²) in [6.07, 6.45) is 2.08. The minimum Gasteiger partial charge on any atom is -0.376 e. The van der Waals surface area contributed by atoms with Crippen LogP contribution in [-0.2, 0) is 21.3 Å². The Hall–Kier alpha value is -0.890. The van der Waals surface area contributed by atoms with Crippen LogP contribution in [0.15, 0.2) is 17.2 Å². The van der Waals surface area contributed by atoms with Gasteiger partial charge in [-0.15, -0.1) is 0 Å². The van der Waals surface area contributed by atoms with E-state index in [2.05, 4.69) is 15.0 Å². The molecule has 1 aliphatic heterocycles. The Kier molecular flexibility index (Phi) is 4.77. The maximum absolute atomic E-state index is 12.5. The normalized spacial score (nSPS) is 26.6. The number of sulfonamides is 1. The summed E-state index contributed by atoms with van der Waals surface area (Å²) in [7, 11) is -3.54. The summed E-state index contributed by atoms with van der Waals surface area (Å²) in [5.74, 6) is 0. The maximum Gasteiger partial charge on any atom is 0.242 e. The van der Waals surface area contributed by atoms with E-state index in [-0.39, 0.29) is 11.0 Å². The minimum atomic E-state index is -3.54. The van der Waals surface area contributed by atoms with Crippen LogP contribution < -0.4 is 10.0 Å². The second-order valence-corrected chi connectivity index (χ2v) is 7.86. The smallest absolute Gasteiger partial charge is 0.242 e. The van der Waals surface area contributed by atoms with E-state index >= 15 is 0 Å². The number of rotatable bonds is 6. The van der Waals surface area contributed by atoms with Gasteiger partial charge < -0.3 is 15.0 Å². The molecule has 120 valence electrons. The van der Waals surface area contributed by atoms with Gasteiger partial charge in [0.2, 0.25) is 10.0 Å². The lowest BCUT2D eigenvalue weighted by molar-refractivity contribution is 0.0957. The summed E-state index contributed by atoms with van der Waals surface area (Å²) in [6.45, 7) is 9.07. The van der Waals surface area contributed by atoms with Gasteiger partial charge in [0.1, 0.15) is 0 Å². The van der Waals surface area contributed by atoms with E-state index < -0.39 is 15.6 Å². The van der Waals surface area contributed by atoms with E-state index in [1.54, 1.807) is 6.07 Å². The lowest BCUT2D eigenvalue weighted by Gasteiger charge is -2.28. The highest BCUT2D eigenvalue weighted by Gasteiger charge is 2.40. The standard InChI is InChI=1S/C14H25N3O3S/c1-10(2)15-8-12-7-13(9-16-12)21(18,19)17-14(4)5-6-20-11(14)3/h7,9-11,15-17H,5-6,8H2,1-4H3. The molecule has 2 heterocycles. The predicted molar refractivity (Wildman–Crippen MR) is 81.5 cm³/mol. The molecule has 0 aromatic carbocycles. The highest BCUT2D eigenvalue weighted by atomic mass is 32.2. The third-order valence-electron chi connectivity index (χ3n) is 3.98. The second-order valence-electron chi connectivity index (χ2n) is 6.18. The van der Waals surface area contributed by atoms with Gasteiger partial charge in [0.25, 0.3) is 0 Å². The molecular formula is C14H25N3O3S. The number of hydrogen-bond donors (Lipinski definition) is 3. The number of aromatic amines is 1. The number of aromatic nitrogens is 1. The monoisotopic (exact) mass is 315 g/mol. The summed E-state index contributed by atoms with van der Waals surface area (Å²) in [6, 6.07) is 2.02. The fraction of sp³-hybridized carbons (Fsp3) is 0.714. The molecule has 0 spiro atoms. The van der Waals surface area contributed by atoms with Crippen molar-refractivity contribution < 1.29 is 13.2 Å². The first kappa shape index (κ1) is 16.5. The quantitative estimate of drug-likeness (QED) is 0.740. The molecule has 1 saturated heterocycles. The summed E-state index contributed by atoms with van der Waals surface area (Å²) in [5, 5.41) is 3.25. The Bertz CT molecular complexity index is 582. The minimum absolute atomic E-state index is 0.131. The molecule has 0 bridgehead atoms. The molecule has 1 aromatic heterocycles. The molecule has 0 aliphatic carbocycles. The SMILES string of the molecule is CC(C)NCc1cc(S(=O)(=O)NC2(C)CCOC2C)c[nH]1. The zero-order valence-corrected chi connectivity index (χ0v) is 13.9. The molecule has 1 fully saturated rings. The second kappa shape index (κ2) is 6.08. The number of H-pyrrole nitrogens is 1. The van der Waals surface area contributed by atoms with E-state index in [0.717, 1.165) is 5.69 Å². The number of ether oxygens (including phenoxy) is 1. The Morgan fingerprint density at radius 2 is 2.24 bits per heavy atom. The van der Waals surface area contributed by atoms with Gasteiger partial charge in [0.05, 0.1) is 16.5 Å². The first-order valence-electron chi connectivity index (χ1n) is 7.29. The molecule has 21 heavy (non-hydrogen) atoms. The van der Waals surface area contributed by atoms with Crippen LogP contribution in [0.5, 0.6) is 0 Å². The largest absolute Gasteiger partial charge is 0.376 e. The molecule has 0 radical (unpaired) electrons. The molecule has 0 saturated carbocycles. The highest BCUT2D eigenvalue weighted by molar-refractivity contribution is 7.89. The highest BCUT2D eigenvalue weighted by Crippen LogP contribution is 2.27. The molecule has 3 N–H and O–H groups in total. The van der Waals surface area contributed by atoms with Crippen LogP contribution in [0.25, 0.3) is 0 Å². The van der Waals surface area contributed by atoms with Crippen LogP contribution in [0.3, 0.4) is 0 Å². The number of hydrogen-bond acceptors (Lipinski definition) is 4. The van der Waals surface area contributed by atoms with E-state index in [0.29, 0.717) is 25.6 Å². The van der Waals surface area contributed by atoms with Crippen molar-refractivity contribution in [2.24, 2.45) is 0 Å². The van der Waals surface area contributed by atoms with Crippen LogP contribution in [0.2, 0.25) is 0 Å². The van der Waals surface area contributed by atoms with Gasteiger partial charge in [0, 0.05) is 31.1 Å². The molecule has 7 heteroatoms. The van der Waals surface area contributed by atoms with Crippen LogP contribution in [0.4, 0.5) is 0 Å². The van der Waals surface area contributed by atoms with Gasteiger partial charge in [0.15, 0.2) is 0 Å². The van der Waals surface area contributed by atoms with Gasteiger partial charge in [-0.2, -0.15) is 0 Å². The van der Waals surface area contributed by atoms with Gasteiger partial charge in [-0.1, -0.05) is 13.8 Å². The number of nitrogens with one attached hydrogen (secondary N) is 3. The van der Waals surface area contributed by atoms with Crippen LogP contribution in [0, 0.1) is 0 Å². The van der Waals surface area contributed by atoms with Crippen molar-refractivity contribution in [2.75, 3.05) is 6.61 Å². The average Bonchev–Trinajstić information content (AvgIpc) is 2.95. The third-order valence-corrected chi connectivity index (χ3v) is 5.57. The fourth-order valence-electron chi connectivity index (χ4n) is 2.32. The first-order valence-corrected chi connectivity index (χ1v) is 8.77. The molecule has 6 nitrogen and oxygen atoms in total. The lowest BCUT2D eigenvalue weighted by Crippen LogP contribution is -2.50. The van der Waals surface area contributed by atoms with Gasteiger partial charge in [-0.05, 0) is 26.3 Å². The molecular weight excluding hydrogens is 290 g/mol. The van der Waals surface area contributed by atoms with Crippen molar-refractivity contribution in [3.8, 4) is 0 Å². The predicted octanol–water partition coefficient (Wildman–Crippen LogP) is 1.36. The van der Waals surface area contributed by atoms with Gasteiger partial charge >= 0.3 is 0 Å². The summed E-state index contributed by atoms with van der Waals surface area (Å²) in [4.78, 5) is 3.27. The van der Waals surface area contributed by atoms with E-state index in [1.165, 1.54) is 6.20 Å². The molecule has 1 aromatic rings. The molecule has 2 atom stereocenters. The van der Waals surface area contributed by atoms with E-state index in [1.807, 2.05) is 27.7 Å². The summed E-state index contributed by atoms with van der Waals surface area (Å²) in [5.41, 5.74) is 0.303. The van der Waals surface area contributed by atoms with Crippen LogP contribution in [0.1, 0.15) is 39.8 Å².